The van der Waals surface area contributed by atoms with Crippen molar-refractivity contribution >= 4 is 29.2 Å². The number of hydrazone groups is 1. The lowest BCUT2D eigenvalue weighted by Crippen LogP contribution is -2.45. The average Bonchev–Trinajstić information content (AvgIpc) is 2.95. The third-order valence-electron chi connectivity index (χ3n) is 6.47. The number of hydrogen-bond donors (Lipinski definition) is 0. The van der Waals surface area contributed by atoms with Gasteiger partial charge in [-0.2, -0.15) is 5.10 Å². The number of amides is 2. The summed E-state index contributed by atoms with van der Waals surface area (Å²) in [5.41, 5.74) is 3.71. The van der Waals surface area contributed by atoms with Crippen molar-refractivity contribution in [3.05, 3.63) is 65.2 Å². The van der Waals surface area contributed by atoms with Gasteiger partial charge in [-0.1, -0.05) is 61.7 Å². The van der Waals surface area contributed by atoms with Crippen molar-refractivity contribution in [2.75, 3.05) is 24.6 Å². The molecule has 2 aromatic rings. The number of carbonyl (C=O) groups is 3. The van der Waals surface area contributed by atoms with Crippen molar-refractivity contribution in [1.29, 1.82) is 0 Å². The summed E-state index contributed by atoms with van der Waals surface area (Å²) in [4.78, 5) is 40.8. The Balaban J connectivity index is 1.75. The Morgan fingerprint density at radius 2 is 1.71 bits per heavy atom. The van der Waals surface area contributed by atoms with E-state index in [1.165, 1.54) is 16.3 Å². The number of carbonyl (C=O) groups excluding carboxylic acids is 3. The summed E-state index contributed by atoms with van der Waals surface area (Å²) in [6, 6.07) is 14.4. The van der Waals surface area contributed by atoms with Gasteiger partial charge in [0.25, 0.3) is 0 Å². The Hall–Kier alpha value is -3.48. The lowest BCUT2D eigenvalue weighted by Gasteiger charge is -2.26. The van der Waals surface area contributed by atoms with Crippen LogP contribution in [-0.4, -0.2) is 48.2 Å². The van der Waals surface area contributed by atoms with E-state index in [1.807, 2.05) is 49.4 Å². The van der Waals surface area contributed by atoms with Gasteiger partial charge in [-0.05, 0) is 38.3 Å². The van der Waals surface area contributed by atoms with E-state index >= 15 is 0 Å². The number of anilines is 1. The normalized spacial score (nSPS) is 16.5. The molecule has 34 heavy (non-hydrogen) atoms. The Kier molecular flexibility index (Phi) is 7.40. The van der Waals surface area contributed by atoms with Crippen molar-refractivity contribution in [3.8, 4) is 0 Å². The number of fused-ring (bicyclic) bond motifs is 1. The van der Waals surface area contributed by atoms with Gasteiger partial charge < -0.3 is 4.74 Å². The Labute approximate surface area is 200 Å². The highest BCUT2D eigenvalue weighted by molar-refractivity contribution is 6.14. The molecule has 4 rings (SSSR count). The van der Waals surface area contributed by atoms with E-state index in [9.17, 15) is 14.4 Å². The minimum atomic E-state index is -0.529. The van der Waals surface area contributed by atoms with Crippen molar-refractivity contribution < 1.29 is 19.1 Å². The van der Waals surface area contributed by atoms with Gasteiger partial charge in [-0.3, -0.25) is 14.5 Å². The summed E-state index contributed by atoms with van der Waals surface area (Å²) >= 11 is 0. The number of hydrogen-bond acceptors (Lipinski definition) is 5. The third kappa shape index (κ3) is 5.03. The first-order chi connectivity index (χ1) is 16.5. The maximum absolute atomic E-state index is 13.7. The molecule has 1 fully saturated rings. The van der Waals surface area contributed by atoms with Gasteiger partial charge in [0.2, 0.25) is 0 Å². The second kappa shape index (κ2) is 10.6. The molecule has 2 aromatic carbocycles. The fourth-order valence-electron chi connectivity index (χ4n) is 4.77. The number of Topliss-reactive ketones (excluding diaryl/α,β-unsaturated/α-hetero) is 1. The molecule has 1 aliphatic carbocycles. The molecule has 1 saturated carbocycles. The number of benzene rings is 2. The maximum Gasteiger partial charge on any atom is 0.345 e. The first-order valence-electron chi connectivity index (χ1n) is 12.0. The Morgan fingerprint density at radius 1 is 1.00 bits per heavy atom. The van der Waals surface area contributed by atoms with Gasteiger partial charge in [-0.25, -0.2) is 9.80 Å². The van der Waals surface area contributed by atoms with Crippen LogP contribution in [0, 0.1) is 12.8 Å². The number of esters is 1. The number of aryl methyl sites for hydroxylation is 1. The van der Waals surface area contributed by atoms with Gasteiger partial charge in [-0.15, -0.1) is 0 Å². The quantitative estimate of drug-likeness (QED) is 0.431. The van der Waals surface area contributed by atoms with Gasteiger partial charge in [0.05, 0.1) is 24.6 Å². The molecule has 0 atom stereocenters. The maximum atomic E-state index is 13.7. The molecular formula is C27H31N3O4. The van der Waals surface area contributed by atoms with Crippen LogP contribution in [0.25, 0.3) is 0 Å². The van der Waals surface area contributed by atoms with Crippen LogP contribution in [0.15, 0.2) is 53.6 Å². The lowest BCUT2D eigenvalue weighted by atomic mass is 9.83. The van der Waals surface area contributed by atoms with Crippen LogP contribution in [-0.2, 0) is 9.53 Å². The van der Waals surface area contributed by atoms with E-state index in [0.29, 0.717) is 11.3 Å². The van der Waals surface area contributed by atoms with Gasteiger partial charge in [0, 0.05) is 17.0 Å². The predicted molar refractivity (Wildman–Crippen MR) is 131 cm³/mol. The van der Waals surface area contributed by atoms with E-state index in [2.05, 4.69) is 0 Å². The molecule has 0 spiro atoms. The fourth-order valence-corrected chi connectivity index (χ4v) is 4.77. The SMILES string of the molecule is CCOC(=O)CN1N=C(C2CCCCC2)c2ccccc2N(CC(=O)c2ccccc2C)C1=O. The molecule has 0 unspecified atom stereocenters. The number of urea groups is 1. The number of para-hydroxylation sites is 1. The smallest absolute Gasteiger partial charge is 0.345 e. The highest BCUT2D eigenvalue weighted by Gasteiger charge is 2.35. The standard InChI is InChI=1S/C27H31N3O4/c1-3-34-25(32)18-30-27(33)29(17-24(31)21-14-8-7-11-19(21)2)23-16-10-9-15-22(23)26(28-30)20-12-5-4-6-13-20/h7-11,14-16,20H,3-6,12-13,17-18H2,1-2H3. The van der Waals surface area contributed by atoms with Crippen LogP contribution in [0.1, 0.15) is 60.5 Å². The van der Waals surface area contributed by atoms with Crippen LogP contribution >= 0.6 is 0 Å². The van der Waals surface area contributed by atoms with Crippen LogP contribution in [0.2, 0.25) is 0 Å². The first-order valence-corrected chi connectivity index (χ1v) is 12.0. The zero-order valence-corrected chi connectivity index (χ0v) is 19.8. The second-order valence-electron chi connectivity index (χ2n) is 8.81. The second-order valence-corrected chi connectivity index (χ2v) is 8.81. The van der Waals surface area contributed by atoms with Gasteiger partial charge >= 0.3 is 12.0 Å². The third-order valence-corrected chi connectivity index (χ3v) is 6.47. The number of ether oxygens (including phenoxy) is 1. The molecule has 1 aliphatic heterocycles. The van der Waals surface area contributed by atoms with E-state index in [1.54, 1.807) is 13.0 Å². The molecule has 0 bridgehead atoms. The zero-order chi connectivity index (χ0) is 24.1. The zero-order valence-electron chi connectivity index (χ0n) is 19.8. The summed E-state index contributed by atoms with van der Waals surface area (Å²) in [6.45, 7) is 3.37. The average molecular weight is 462 g/mol. The summed E-state index contributed by atoms with van der Waals surface area (Å²) in [7, 11) is 0. The molecule has 7 nitrogen and oxygen atoms in total. The molecule has 1 heterocycles. The number of ketones is 1. The van der Waals surface area contributed by atoms with E-state index < -0.39 is 12.0 Å². The minimum absolute atomic E-state index is 0.145. The molecule has 2 aliphatic rings. The van der Waals surface area contributed by atoms with Crippen molar-refractivity contribution in [1.82, 2.24) is 5.01 Å². The first kappa shape index (κ1) is 23.7. The topological polar surface area (TPSA) is 79.3 Å². The Bertz CT molecular complexity index is 1100. The van der Waals surface area contributed by atoms with Crippen molar-refractivity contribution in [3.63, 3.8) is 0 Å². The van der Waals surface area contributed by atoms with E-state index in [4.69, 9.17) is 9.84 Å². The molecule has 0 saturated heterocycles. The molecule has 2 amide bonds. The predicted octanol–water partition coefficient (Wildman–Crippen LogP) is 4.97. The minimum Gasteiger partial charge on any atom is -0.465 e. The molecule has 0 aromatic heterocycles. The molecular weight excluding hydrogens is 430 g/mol. The highest BCUT2D eigenvalue weighted by Crippen LogP contribution is 2.34. The van der Waals surface area contributed by atoms with E-state index in [0.717, 1.165) is 42.5 Å². The van der Waals surface area contributed by atoms with Gasteiger partial charge in [0.1, 0.15) is 6.54 Å². The molecule has 0 N–H and O–H groups in total. The monoisotopic (exact) mass is 461 g/mol. The molecule has 178 valence electrons. The highest BCUT2D eigenvalue weighted by atomic mass is 16.5. The van der Waals surface area contributed by atoms with Crippen molar-refractivity contribution in [2.45, 2.75) is 46.0 Å². The van der Waals surface area contributed by atoms with Crippen LogP contribution in [0.5, 0.6) is 0 Å². The lowest BCUT2D eigenvalue weighted by molar-refractivity contribution is -0.143. The van der Waals surface area contributed by atoms with Crippen LogP contribution in [0.3, 0.4) is 0 Å². The largest absolute Gasteiger partial charge is 0.465 e. The summed E-state index contributed by atoms with van der Waals surface area (Å²) < 4.78 is 5.11. The summed E-state index contributed by atoms with van der Waals surface area (Å²) in [6.07, 6.45) is 5.36. The number of rotatable bonds is 7. The van der Waals surface area contributed by atoms with Gasteiger partial charge in [0.15, 0.2) is 5.78 Å². The van der Waals surface area contributed by atoms with E-state index in [-0.39, 0.29) is 31.4 Å². The number of nitrogens with zero attached hydrogens (tertiary/aromatic N) is 3. The molecule has 0 radical (unpaired) electrons. The van der Waals surface area contributed by atoms with Crippen LogP contribution < -0.4 is 4.90 Å². The Morgan fingerprint density at radius 3 is 2.44 bits per heavy atom. The molecule has 7 heteroatoms. The summed E-state index contributed by atoms with van der Waals surface area (Å²) in [5.74, 6) is -0.503. The summed E-state index contributed by atoms with van der Waals surface area (Å²) in [5, 5.41) is 5.91. The fraction of sp³-hybridized carbons (Fsp3) is 0.407. The van der Waals surface area contributed by atoms with Crippen LogP contribution in [0.4, 0.5) is 10.5 Å². The van der Waals surface area contributed by atoms with Crippen molar-refractivity contribution in [2.24, 2.45) is 11.0 Å².